The van der Waals surface area contributed by atoms with Crippen LogP contribution in [0.1, 0.15) is 25.1 Å². The Morgan fingerprint density at radius 3 is 2.42 bits per heavy atom. The van der Waals surface area contributed by atoms with Gasteiger partial charge in [0.1, 0.15) is 0 Å². The minimum Gasteiger partial charge on any atom is -0.368 e. The first kappa shape index (κ1) is 15.4. The van der Waals surface area contributed by atoms with Crippen molar-refractivity contribution in [1.29, 1.82) is 0 Å². The third kappa shape index (κ3) is 2.84. The zero-order chi connectivity index (χ0) is 15.0. The molecule has 0 bridgehead atoms. The van der Waals surface area contributed by atoms with Crippen molar-refractivity contribution in [3.8, 4) is 0 Å². The van der Waals surface area contributed by atoms with E-state index in [-0.39, 0.29) is 12.1 Å². The van der Waals surface area contributed by atoms with Crippen LogP contribution in [0.25, 0.3) is 0 Å². The van der Waals surface area contributed by atoms with E-state index >= 15 is 0 Å². The number of nitrogens with zero attached hydrogens (tertiary/aromatic N) is 3. The van der Waals surface area contributed by atoms with Gasteiger partial charge in [0.15, 0.2) is 6.04 Å². The van der Waals surface area contributed by atoms with E-state index in [1.54, 1.807) is 6.92 Å². The highest BCUT2D eigenvalue weighted by molar-refractivity contribution is 8.13. The summed E-state index contributed by atoms with van der Waals surface area (Å²) in [6.45, 7) is 2.87. The molecule has 0 radical (unpaired) electrons. The Morgan fingerprint density at radius 1 is 1.63 bits per heavy atom. The molecule has 0 saturated carbocycles. The molecule has 19 heavy (non-hydrogen) atoms. The largest absolute Gasteiger partial charge is 0.410 e. The summed E-state index contributed by atoms with van der Waals surface area (Å²) in [5.74, 6) is -1.70. The Kier molecular flexibility index (Phi) is 4.15. The van der Waals surface area contributed by atoms with Crippen molar-refractivity contribution in [2.75, 3.05) is 0 Å². The number of hydrogen-bond donors (Lipinski definition) is 1. The number of carbonyl (C=O) groups is 1. The average Bonchev–Trinajstić information content (AvgIpc) is 2.57. The van der Waals surface area contributed by atoms with Gasteiger partial charge < -0.3 is 15.8 Å². The van der Waals surface area contributed by atoms with Crippen LogP contribution >= 0.6 is 10.7 Å². The van der Waals surface area contributed by atoms with E-state index in [4.69, 9.17) is 16.4 Å². The molecule has 0 aliphatic carbocycles. The molecule has 1 heterocycles. The van der Waals surface area contributed by atoms with Crippen LogP contribution in [-0.2, 0) is 13.8 Å². The van der Waals surface area contributed by atoms with Crippen LogP contribution in [0.3, 0.4) is 0 Å². The number of rotatable bonds is 5. The third-order valence-electron chi connectivity index (χ3n) is 2.50. The molecule has 1 unspecified atom stereocenters. The molecule has 1 rings (SSSR count). The van der Waals surface area contributed by atoms with Gasteiger partial charge >= 0.3 is 5.82 Å². The van der Waals surface area contributed by atoms with E-state index in [0.717, 1.165) is 4.68 Å². The Bertz CT molecular complexity index is 638. The minimum absolute atomic E-state index is 0.104. The van der Waals surface area contributed by atoms with Crippen LogP contribution in [0.5, 0.6) is 0 Å². The first-order valence-electron chi connectivity index (χ1n) is 5.08. The van der Waals surface area contributed by atoms with Gasteiger partial charge in [-0.2, -0.15) is 4.68 Å². The summed E-state index contributed by atoms with van der Waals surface area (Å²) < 4.78 is 23.6. The first-order chi connectivity index (χ1) is 8.61. The molecule has 2 N–H and O–H groups in total. The summed E-state index contributed by atoms with van der Waals surface area (Å²) in [7, 11) is 0.791. The predicted octanol–water partition coefficient (Wildman–Crippen LogP) is 0.464. The van der Waals surface area contributed by atoms with Crippen LogP contribution in [0.2, 0.25) is 0 Å². The number of nitro groups is 1. The quantitative estimate of drug-likeness (QED) is 0.476. The van der Waals surface area contributed by atoms with Crippen LogP contribution in [0.15, 0.2) is 4.90 Å². The van der Waals surface area contributed by atoms with Gasteiger partial charge in [-0.3, -0.25) is 4.79 Å². The fraction of sp³-hybridized carbons (Fsp3) is 0.500. The van der Waals surface area contributed by atoms with Gasteiger partial charge in [-0.25, -0.2) is 8.42 Å². The maximum absolute atomic E-state index is 11.4. The van der Waals surface area contributed by atoms with Crippen molar-refractivity contribution in [3.63, 3.8) is 0 Å². The van der Waals surface area contributed by atoms with Crippen molar-refractivity contribution >= 4 is 31.5 Å². The number of amides is 1. The highest BCUT2D eigenvalue weighted by Crippen LogP contribution is 2.31. The number of nitrogens with two attached hydrogens (primary N) is 1. The molecule has 1 aromatic heterocycles. The van der Waals surface area contributed by atoms with Gasteiger partial charge in [-0.05, 0) is 18.3 Å². The lowest BCUT2D eigenvalue weighted by Gasteiger charge is -2.09. The van der Waals surface area contributed by atoms with Gasteiger partial charge in [-0.15, -0.1) is 0 Å². The molecule has 1 atom stereocenters. The molecular weight excluding hydrogens is 300 g/mol. The van der Waals surface area contributed by atoms with Crippen molar-refractivity contribution in [3.05, 3.63) is 15.8 Å². The molecule has 0 aliphatic rings. The maximum atomic E-state index is 11.4. The normalized spacial score (nSPS) is 13.2. The number of hydrogen-bond acceptors (Lipinski definition) is 6. The van der Waals surface area contributed by atoms with E-state index in [0.29, 0.717) is 0 Å². The molecule has 0 spiro atoms. The van der Waals surface area contributed by atoms with E-state index < -0.39 is 36.6 Å². The van der Waals surface area contributed by atoms with E-state index in [9.17, 15) is 23.3 Å². The molecule has 106 valence electrons. The molecule has 0 saturated heterocycles. The van der Waals surface area contributed by atoms with E-state index in [1.165, 1.54) is 6.92 Å². The smallest absolute Gasteiger partial charge is 0.368 e. The van der Waals surface area contributed by atoms with Crippen LogP contribution in [0.4, 0.5) is 5.82 Å². The standard InChI is InChI=1S/C8H11ClN4O5S/c1-3-5(7(10)14)12-4(2)6(19(9,17)18)8(11-12)13(15)16/h5H,3H2,1-2H3,(H2,10,14). The molecule has 0 aliphatic heterocycles. The summed E-state index contributed by atoms with van der Waals surface area (Å²) in [4.78, 5) is 20.3. The van der Waals surface area contributed by atoms with Crippen LogP contribution in [-0.4, -0.2) is 29.0 Å². The second-order valence-corrected chi connectivity index (χ2v) is 6.21. The Hall–Kier alpha value is -1.68. The zero-order valence-electron chi connectivity index (χ0n) is 10.0. The number of carbonyl (C=O) groups excluding carboxylic acids is 1. The minimum atomic E-state index is -4.36. The third-order valence-corrected chi connectivity index (χ3v) is 3.93. The highest BCUT2D eigenvalue weighted by Gasteiger charge is 2.37. The molecule has 9 nitrogen and oxygen atoms in total. The van der Waals surface area contributed by atoms with Gasteiger partial charge in [-0.1, -0.05) is 6.92 Å². The molecule has 1 amide bonds. The average molecular weight is 311 g/mol. The second-order valence-electron chi connectivity index (χ2n) is 3.70. The Morgan fingerprint density at radius 2 is 2.16 bits per heavy atom. The number of aromatic nitrogens is 2. The van der Waals surface area contributed by atoms with Crippen molar-refractivity contribution < 1.29 is 18.1 Å². The van der Waals surface area contributed by atoms with Crippen LogP contribution in [0, 0.1) is 17.0 Å². The van der Waals surface area contributed by atoms with E-state index in [1.807, 2.05) is 0 Å². The van der Waals surface area contributed by atoms with E-state index in [2.05, 4.69) is 5.10 Å². The van der Waals surface area contributed by atoms with Gasteiger partial charge in [0.25, 0.3) is 9.05 Å². The first-order valence-corrected chi connectivity index (χ1v) is 7.39. The second kappa shape index (κ2) is 5.13. The fourth-order valence-electron chi connectivity index (χ4n) is 1.69. The van der Waals surface area contributed by atoms with Crippen LogP contribution < -0.4 is 5.73 Å². The monoisotopic (exact) mass is 310 g/mol. The summed E-state index contributed by atoms with van der Waals surface area (Å²) >= 11 is 0. The SMILES string of the molecule is CCC(C(N)=O)n1nc([N+](=O)[O-])c(S(=O)(=O)Cl)c1C. The fourth-order valence-corrected chi connectivity index (χ4v) is 3.01. The van der Waals surface area contributed by atoms with Crippen molar-refractivity contribution in [2.45, 2.75) is 31.2 Å². The summed E-state index contributed by atoms with van der Waals surface area (Å²) in [5, 5.41) is 14.3. The number of primary amides is 1. The van der Waals surface area contributed by atoms with Crippen molar-refractivity contribution in [2.24, 2.45) is 5.73 Å². The van der Waals surface area contributed by atoms with Crippen molar-refractivity contribution in [1.82, 2.24) is 9.78 Å². The lowest BCUT2D eigenvalue weighted by Crippen LogP contribution is -2.27. The molecular formula is C8H11ClN4O5S. The Labute approximate surface area is 112 Å². The van der Waals surface area contributed by atoms with Gasteiger partial charge in [0, 0.05) is 10.7 Å². The topological polar surface area (TPSA) is 138 Å². The lowest BCUT2D eigenvalue weighted by atomic mass is 10.2. The zero-order valence-corrected chi connectivity index (χ0v) is 11.6. The molecule has 0 fully saturated rings. The maximum Gasteiger partial charge on any atom is 0.410 e. The number of halogens is 1. The molecule has 11 heteroatoms. The van der Waals surface area contributed by atoms with Gasteiger partial charge in [0.2, 0.25) is 10.8 Å². The highest BCUT2D eigenvalue weighted by atomic mass is 35.7. The summed E-state index contributed by atoms with van der Waals surface area (Å²) in [6.07, 6.45) is 0.205. The molecule has 0 aromatic carbocycles. The summed E-state index contributed by atoms with van der Waals surface area (Å²) in [6, 6.07) is -0.981. The summed E-state index contributed by atoms with van der Waals surface area (Å²) in [5.41, 5.74) is 5.04. The predicted molar refractivity (Wildman–Crippen MR) is 65.2 cm³/mol. The Balaban J connectivity index is 3.64. The molecule has 1 aromatic rings. The van der Waals surface area contributed by atoms with Gasteiger partial charge in [0.05, 0.1) is 10.8 Å². The lowest BCUT2D eigenvalue weighted by molar-refractivity contribution is -0.392.